The molecule has 4 aromatic heterocycles. The SMILES string of the molecule is CN(C)C(=O)C(=O)c1cc(Br)cnc1F.CN(C)C(=O)C(=O)c1cc(Br)cnc1N.CN(C)C(=O)C(O)c1cc(Br)cnc1N.Fc1ccc(Br)cn1. The lowest BCUT2D eigenvalue weighted by molar-refractivity contribution is -0.137. The zero-order valence-corrected chi connectivity index (χ0v) is 35.2. The van der Waals surface area contributed by atoms with Crippen molar-refractivity contribution in [2.45, 2.75) is 6.10 Å². The van der Waals surface area contributed by atoms with E-state index in [-0.39, 0.29) is 22.8 Å². The third-order valence-electron chi connectivity index (χ3n) is 5.96. The van der Waals surface area contributed by atoms with E-state index >= 15 is 0 Å². The fourth-order valence-corrected chi connectivity index (χ4v) is 4.52. The van der Waals surface area contributed by atoms with Gasteiger partial charge < -0.3 is 31.3 Å². The van der Waals surface area contributed by atoms with E-state index in [9.17, 15) is 37.9 Å². The lowest BCUT2D eigenvalue weighted by atomic mass is 10.1. The number of hydrogen-bond donors (Lipinski definition) is 3. The zero-order valence-electron chi connectivity index (χ0n) is 28.8. The molecule has 0 spiro atoms. The van der Waals surface area contributed by atoms with E-state index in [2.05, 4.69) is 83.7 Å². The van der Waals surface area contributed by atoms with Crippen LogP contribution in [0.4, 0.5) is 20.4 Å². The molecule has 0 aromatic carbocycles. The predicted molar refractivity (Wildman–Crippen MR) is 206 cm³/mol. The minimum absolute atomic E-state index is 0.0541. The van der Waals surface area contributed by atoms with Crippen molar-refractivity contribution >= 4 is 105 Å². The van der Waals surface area contributed by atoms with Crippen LogP contribution in [-0.4, -0.2) is 111 Å². The highest BCUT2D eigenvalue weighted by atomic mass is 79.9. The maximum atomic E-state index is 13.1. The molecular formula is C32H33Br4F2N9O6. The Balaban J connectivity index is 0.000000361. The van der Waals surface area contributed by atoms with Crippen LogP contribution in [-0.2, 0) is 14.4 Å². The number of nitrogens with zero attached hydrogens (tertiary/aromatic N) is 7. The second kappa shape index (κ2) is 22.0. The van der Waals surface area contributed by atoms with Crippen molar-refractivity contribution in [1.29, 1.82) is 0 Å². The molecule has 0 aliphatic carbocycles. The van der Waals surface area contributed by atoms with Crippen molar-refractivity contribution < 1.29 is 37.9 Å². The first-order valence-corrected chi connectivity index (χ1v) is 17.6. The van der Waals surface area contributed by atoms with E-state index in [0.717, 1.165) is 9.37 Å². The summed E-state index contributed by atoms with van der Waals surface area (Å²) in [4.78, 5) is 75.1. The van der Waals surface area contributed by atoms with Crippen LogP contribution in [0.25, 0.3) is 0 Å². The second-order valence-corrected chi connectivity index (χ2v) is 14.4. The Labute approximate surface area is 336 Å². The van der Waals surface area contributed by atoms with Gasteiger partial charge in [-0.3, -0.25) is 24.0 Å². The second-order valence-electron chi connectivity index (χ2n) is 10.7. The number of pyridine rings is 4. The quantitative estimate of drug-likeness (QED) is 0.138. The van der Waals surface area contributed by atoms with Crippen molar-refractivity contribution in [3.05, 3.63) is 102 Å². The maximum absolute atomic E-state index is 13.1. The summed E-state index contributed by atoms with van der Waals surface area (Å²) in [5, 5.41) is 9.73. The number of nitrogens with two attached hydrogens (primary N) is 2. The monoisotopic (exact) mass is 993 g/mol. The standard InChI is InChI=1S/C9H8BrFN2O2.C9H12BrN3O2.C9H10BrN3O2.C5H3BrFN/c3*1-13(2)9(15)7(14)6-3-5(10)4-12-8(6)11;6-4-1-2-5(7)8-3-4/h3-4H,1-2H3;3-4,7,14H,1-2H3,(H2,11,12);3-4H,1-2H3,(H2,11,12);1-3H. The average Bonchev–Trinajstić information content (AvgIpc) is 3.11. The Hall–Kier alpha value is -4.31. The molecule has 0 aliphatic rings. The predicted octanol–water partition coefficient (Wildman–Crippen LogP) is 4.48. The molecule has 4 aromatic rings. The van der Waals surface area contributed by atoms with E-state index in [0.29, 0.717) is 19.0 Å². The molecule has 53 heavy (non-hydrogen) atoms. The highest BCUT2D eigenvalue weighted by molar-refractivity contribution is 9.11. The zero-order chi connectivity index (χ0) is 40.7. The van der Waals surface area contributed by atoms with Crippen LogP contribution in [0, 0.1) is 11.9 Å². The van der Waals surface area contributed by atoms with Crippen molar-refractivity contribution in [1.82, 2.24) is 34.6 Å². The number of carbonyl (C=O) groups excluding carboxylic acids is 5. The van der Waals surface area contributed by atoms with Crippen LogP contribution in [0.15, 0.2) is 73.0 Å². The molecule has 3 amide bonds. The van der Waals surface area contributed by atoms with Gasteiger partial charge in [-0.05, 0) is 94.1 Å². The number of ketones is 2. The van der Waals surface area contributed by atoms with Crippen LogP contribution >= 0.6 is 63.7 Å². The number of hydrogen-bond acceptors (Lipinski definition) is 12. The van der Waals surface area contributed by atoms with Crippen molar-refractivity contribution in [2.24, 2.45) is 0 Å². The number of anilines is 2. The Bertz CT molecular complexity index is 1840. The molecule has 0 aliphatic heterocycles. The number of aromatic nitrogens is 4. The van der Waals surface area contributed by atoms with Gasteiger partial charge in [0.15, 0.2) is 6.10 Å². The number of carbonyl (C=O) groups is 5. The topological polar surface area (TPSA) is 219 Å². The molecular weight excluding hydrogens is 964 g/mol. The van der Waals surface area contributed by atoms with Gasteiger partial charge in [0.2, 0.25) is 11.9 Å². The maximum Gasteiger partial charge on any atom is 0.294 e. The van der Waals surface area contributed by atoms with Crippen molar-refractivity contribution in [3.8, 4) is 0 Å². The molecule has 0 bridgehead atoms. The van der Waals surface area contributed by atoms with Crippen molar-refractivity contribution in [3.63, 3.8) is 0 Å². The number of halogens is 6. The number of aliphatic hydroxyl groups excluding tert-OH is 1. The molecule has 284 valence electrons. The number of nitrogen functional groups attached to an aromatic ring is 2. The Morgan fingerprint density at radius 2 is 1.06 bits per heavy atom. The van der Waals surface area contributed by atoms with Gasteiger partial charge in [-0.1, -0.05) is 0 Å². The minimum atomic E-state index is -1.27. The lowest BCUT2D eigenvalue weighted by Gasteiger charge is -2.17. The third kappa shape index (κ3) is 15.3. The van der Waals surface area contributed by atoms with E-state index < -0.39 is 47.3 Å². The van der Waals surface area contributed by atoms with Crippen LogP contribution in [0.1, 0.15) is 32.4 Å². The molecule has 0 fully saturated rings. The molecule has 0 saturated heterocycles. The molecule has 4 heterocycles. The van der Waals surface area contributed by atoms with Gasteiger partial charge >= 0.3 is 0 Å². The third-order valence-corrected chi connectivity index (χ3v) is 7.73. The smallest absolute Gasteiger partial charge is 0.294 e. The Morgan fingerprint density at radius 1 is 0.623 bits per heavy atom. The molecule has 0 saturated carbocycles. The van der Waals surface area contributed by atoms with Gasteiger partial charge in [0, 0.05) is 90.5 Å². The molecule has 1 unspecified atom stereocenters. The summed E-state index contributed by atoms with van der Waals surface area (Å²) in [6.07, 6.45) is 4.32. The summed E-state index contributed by atoms with van der Waals surface area (Å²) in [5.41, 5.74) is 11.2. The van der Waals surface area contributed by atoms with Crippen molar-refractivity contribution in [2.75, 3.05) is 53.8 Å². The number of aliphatic hydroxyl groups is 1. The fourth-order valence-electron chi connectivity index (χ4n) is 3.27. The van der Waals surface area contributed by atoms with Gasteiger partial charge in [0.25, 0.3) is 29.3 Å². The Morgan fingerprint density at radius 3 is 1.51 bits per heavy atom. The number of amides is 3. The van der Waals surface area contributed by atoms with Gasteiger partial charge in [-0.25, -0.2) is 19.9 Å². The summed E-state index contributed by atoms with van der Waals surface area (Å²) in [5.74, 6) is -4.60. The fraction of sp³-hybridized carbons (Fsp3) is 0.219. The summed E-state index contributed by atoms with van der Waals surface area (Å²) >= 11 is 12.5. The highest BCUT2D eigenvalue weighted by Gasteiger charge is 2.24. The average molecular weight is 997 g/mol. The molecule has 0 radical (unpaired) electrons. The Kier molecular flexibility index (Phi) is 19.4. The summed E-state index contributed by atoms with van der Waals surface area (Å²) < 4.78 is 27.6. The number of rotatable bonds is 6. The lowest BCUT2D eigenvalue weighted by Crippen LogP contribution is -2.30. The normalized spacial score (nSPS) is 10.4. The largest absolute Gasteiger partial charge is 0.383 e. The first kappa shape index (κ1) is 46.7. The van der Waals surface area contributed by atoms with Crippen LogP contribution in [0.2, 0.25) is 0 Å². The molecule has 21 heteroatoms. The molecule has 4 rings (SSSR count). The van der Waals surface area contributed by atoms with Gasteiger partial charge in [-0.15, -0.1) is 0 Å². The molecule has 15 nitrogen and oxygen atoms in total. The van der Waals surface area contributed by atoms with Crippen LogP contribution in [0.3, 0.4) is 0 Å². The summed E-state index contributed by atoms with van der Waals surface area (Å²) in [6.45, 7) is 0. The van der Waals surface area contributed by atoms with Gasteiger partial charge in [0.1, 0.15) is 11.6 Å². The number of likely N-dealkylation sites (N-methyl/N-ethyl adjacent to an activating group) is 3. The van der Waals surface area contributed by atoms with E-state index in [1.807, 2.05) is 0 Å². The summed E-state index contributed by atoms with van der Waals surface area (Å²) in [6, 6.07) is 7.18. The first-order chi connectivity index (χ1) is 24.6. The van der Waals surface area contributed by atoms with Crippen LogP contribution < -0.4 is 11.5 Å². The van der Waals surface area contributed by atoms with E-state index in [4.69, 9.17) is 11.5 Å². The first-order valence-electron chi connectivity index (χ1n) is 14.4. The molecule has 1 atom stereocenters. The number of Topliss-reactive ketones (excluding diaryl/α,β-unsaturated/α-hetero) is 2. The summed E-state index contributed by atoms with van der Waals surface area (Å²) in [7, 11) is 8.97. The highest BCUT2D eigenvalue weighted by Crippen LogP contribution is 2.23. The van der Waals surface area contributed by atoms with Crippen LogP contribution in [0.5, 0.6) is 0 Å². The molecule has 5 N–H and O–H groups in total. The van der Waals surface area contributed by atoms with Gasteiger partial charge in [0.05, 0.1) is 11.1 Å². The van der Waals surface area contributed by atoms with Gasteiger partial charge in [-0.2, -0.15) is 8.78 Å². The van der Waals surface area contributed by atoms with E-state index in [1.165, 1.54) is 81.0 Å². The van der Waals surface area contributed by atoms with E-state index in [1.54, 1.807) is 26.2 Å². The minimum Gasteiger partial charge on any atom is -0.383 e.